The highest BCUT2D eigenvalue weighted by atomic mass is 16.5. The first-order valence-corrected chi connectivity index (χ1v) is 7.85. The summed E-state index contributed by atoms with van der Waals surface area (Å²) in [6.07, 6.45) is 4.59. The van der Waals surface area contributed by atoms with Crippen molar-refractivity contribution in [2.24, 2.45) is 0 Å². The van der Waals surface area contributed by atoms with Crippen LogP contribution in [0.1, 0.15) is 36.8 Å². The second-order valence-electron chi connectivity index (χ2n) is 6.43. The molecule has 2 atom stereocenters. The molecule has 3 rings (SSSR count). The Kier molecular flexibility index (Phi) is 4.15. The zero-order valence-electron chi connectivity index (χ0n) is 12.8. The number of ether oxygens (including phenoxy) is 1. The molecule has 1 aromatic carbocycles. The van der Waals surface area contributed by atoms with Gasteiger partial charge in [0.15, 0.2) is 6.61 Å². The van der Waals surface area contributed by atoms with Crippen molar-refractivity contribution in [3.63, 3.8) is 0 Å². The molecule has 4 nitrogen and oxygen atoms in total. The fourth-order valence-corrected chi connectivity index (χ4v) is 3.55. The first-order valence-electron chi connectivity index (χ1n) is 7.85. The summed E-state index contributed by atoms with van der Waals surface area (Å²) in [5.74, 6) is 0.780. The molecule has 0 spiro atoms. The lowest BCUT2D eigenvalue weighted by Crippen LogP contribution is -2.48. The van der Waals surface area contributed by atoms with E-state index in [2.05, 4.69) is 23.6 Å². The number of rotatable bonds is 4. The molecule has 0 saturated carbocycles. The summed E-state index contributed by atoms with van der Waals surface area (Å²) in [5.41, 5.74) is 2.28. The van der Waals surface area contributed by atoms with Crippen LogP contribution in [0.2, 0.25) is 0 Å². The Morgan fingerprint density at radius 3 is 2.67 bits per heavy atom. The fraction of sp³-hybridized carbons (Fsp3) is 0.588. The predicted octanol–water partition coefficient (Wildman–Crippen LogP) is 2.08. The Hall–Kier alpha value is -1.55. The van der Waals surface area contributed by atoms with Crippen molar-refractivity contribution in [2.45, 2.75) is 57.7 Å². The zero-order valence-corrected chi connectivity index (χ0v) is 12.8. The average molecular weight is 288 g/mol. The van der Waals surface area contributed by atoms with Gasteiger partial charge in [0, 0.05) is 18.1 Å². The van der Waals surface area contributed by atoms with Gasteiger partial charge in [-0.15, -0.1) is 0 Å². The summed E-state index contributed by atoms with van der Waals surface area (Å²) in [6, 6.07) is 7.49. The van der Waals surface area contributed by atoms with E-state index in [-0.39, 0.29) is 12.5 Å². The number of carbonyl (C=O) groups excluding carboxylic acids is 1. The van der Waals surface area contributed by atoms with E-state index in [1.54, 1.807) is 0 Å². The van der Waals surface area contributed by atoms with E-state index in [1.807, 2.05) is 19.1 Å². The van der Waals surface area contributed by atoms with Crippen molar-refractivity contribution in [3.05, 3.63) is 29.3 Å². The molecule has 1 aromatic rings. The van der Waals surface area contributed by atoms with E-state index in [0.717, 1.165) is 24.2 Å². The molecule has 0 radical (unpaired) electrons. The number of benzene rings is 1. The summed E-state index contributed by atoms with van der Waals surface area (Å²) in [6.45, 7) is 4.16. The van der Waals surface area contributed by atoms with Crippen LogP contribution in [0.4, 0.5) is 0 Å². The molecule has 2 fully saturated rings. The molecule has 4 heteroatoms. The molecule has 0 aromatic heterocycles. The molecule has 2 aliphatic heterocycles. The lowest BCUT2D eigenvalue weighted by Gasteiger charge is -2.29. The Morgan fingerprint density at radius 1 is 1.29 bits per heavy atom. The molecule has 2 saturated heterocycles. The number of hydrogen-bond acceptors (Lipinski definition) is 3. The molecule has 0 aliphatic carbocycles. The van der Waals surface area contributed by atoms with Crippen LogP contribution < -0.4 is 15.4 Å². The number of amides is 1. The highest BCUT2D eigenvalue weighted by Crippen LogP contribution is 2.26. The van der Waals surface area contributed by atoms with Gasteiger partial charge in [0.25, 0.3) is 5.91 Å². The second kappa shape index (κ2) is 6.06. The minimum Gasteiger partial charge on any atom is -0.484 e. The topological polar surface area (TPSA) is 50.4 Å². The molecule has 2 bridgehead atoms. The van der Waals surface area contributed by atoms with E-state index >= 15 is 0 Å². The quantitative estimate of drug-likeness (QED) is 0.892. The van der Waals surface area contributed by atoms with Gasteiger partial charge in [-0.2, -0.15) is 0 Å². The molecule has 2 N–H and O–H groups in total. The molecule has 1 amide bonds. The largest absolute Gasteiger partial charge is 0.484 e. The first kappa shape index (κ1) is 14.4. The van der Waals surface area contributed by atoms with Gasteiger partial charge in [-0.1, -0.05) is 17.7 Å². The third-order valence-electron chi connectivity index (χ3n) is 4.53. The number of aryl methyl sites for hydroxylation is 2. The van der Waals surface area contributed by atoms with E-state index < -0.39 is 0 Å². The molecule has 2 aliphatic rings. The normalized spacial score (nSPS) is 27.4. The minimum atomic E-state index is -0.0127. The van der Waals surface area contributed by atoms with E-state index in [4.69, 9.17) is 4.74 Å². The Balaban J connectivity index is 1.48. The van der Waals surface area contributed by atoms with Crippen molar-refractivity contribution < 1.29 is 9.53 Å². The third-order valence-corrected chi connectivity index (χ3v) is 4.53. The fourth-order valence-electron chi connectivity index (χ4n) is 3.55. The van der Waals surface area contributed by atoms with Gasteiger partial charge >= 0.3 is 0 Å². The van der Waals surface area contributed by atoms with E-state index in [0.29, 0.717) is 18.1 Å². The third kappa shape index (κ3) is 3.56. The maximum Gasteiger partial charge on any atom is 0.258 e. The molecular formula is C17H24N2O2. The second-order valence-corrected chi connectivity index (χ2v) is 6.43. The zero-order chi connectivity index (χ0) is 14.8. The monoisotopic (exact) mass is 288 g/mol. The summed E-state index contributed by atoms with van der Waals surface area (Å²) >= 11 is 0. The first-order chi connectivity index (χ1) is 10.1. The van der Waals surface area contributed by atoms with E-state index in [1.165, 1.54) is 18.4 Å². The van der Waals surface area contributed by atoms with Crippen LogP contribution >= 0.6 is 0 Å². The maximum atomic E-state index is 12.0. The van der Waals surface area contributed by atoms with Crippen LogP contribution in [0.5, 0.6) is 5.75 Å². The number of nitrogens with one attached hydrogen (secondary N) is 2. The smallest absolute Gasteiger partial charge is 0.258 e. The van der Waals surface area contributed by atoms with Gasteiger partial charge in [0.2, 0.25) is 0 Å². The van der Waals surface area contributed by atoms with Crippen LogP contribution in [0.25, 0.3) is 0 Å². The molecule has 2 unspecified atom stereocenters. The SMILES string of the molecule is Cc1ccc(OCC(=O)NC2CC3CCC(C2)N3)c(C)c1. The van der Waals surface area contributed by atoms with Gasteiger partial charge in [0.1, 0.15) is 5.75 Å². The summed E-state index contributed by atoms with van der Waals surface area (Å²) in [7, 11) is 0. The lowest BCUT2D eigenvalue weighted by molar-refractivity contribution is -0.124. The van der Waals surface area contributed by atoms with E-state index in [9.17, 15) is 4.79 Å². The number of carbonyl (C=O) groups is 1. The standard InChI is InChI=1S/C17H24N2O2/c1-11-3-6-16(12(2)7-11)21-10-17(20)19-15-8-13-4-5-14(9-15)18-13/h3,6-7,13-15,18H,4-5,8-10H2,1-2H3,(H,19,20). The Morgan fingerprint density at radius 2 is 2.00 bits per heavy atom. The Labute approximate surface area is 126 Å². The van der Waals surface area contributed by atoms with Crippen molar-refractivity contribution in [1.29, 1.82) is 0 Å². The lowest BCUT2D eigenvalue weighted by atomic mass is 10.00. The van der Waals surface area contributed by atoms with Gasteiger partial charge in [-0.25, -0.2) is 0 Å². The van der Waals surface area contributed by atoms with Crippen molar-refractivity contribution in [3.8, 4) is 5.75 Å². The predicted molar refractivity (Wildman–Crippen MR) is 82.5 cm³/mol. The number of hydrogen-bond donors (Lipinski definition) is 2. The average Bonchev–Trinajstić information content (AvgIpc) is 2.77. The molecular weight excluding hydrogens is 264 g/mol. The van der Waals surface area contributed by atoms with Gasteiger partial charge in [-0.05, 0) is 51.2 Å². The summed E-state index contributed by atoms with van der Waals surface area (Å²) in [4.78, 5) is 12.0. The molecule has 2 heterocycles. The molecule has 21 heavy (non-hydrogen) atoms. The Bertz CT molecular complexity index is 518. The summed E-state index contributed by atoms with van der Waals surface area (Å²) in [5, 5.41) is 6.70. The van der Waals surface area contributed by atoms with Gasteiger partial charge in [0.05, 0.1) is 0 Å². The highest BCUT2D eigenvalue weighted by Gasteiger charge is 2.33. The minimum absolute atomic E-state index is 0.0127. The highest BCUT2D eigenvalue weighted by molar-refractivity contribution is 5.77. The van der Waals surface area contributed by atoms with Gasteiger partial charge in [-0.3, -0.25) is 4.79 Å². The van der Waals surface area contributed by atoms with Crippen LogP contribution in [-0.4, -0.2) is 30.6 Å². The molecule has 114 valence electrons. The summed E-state index contributed by atoms with van der Waals surface area (Å²) < 4.78 is 5.64. The number of fused-ring (bicyclic) bond motifs is 2. The van der Waals surface area contributed by atoms with Gasteiger partial charge < -0.3 is 15.4 Å². The maximum absolute atomic E-state index is 12.0. The number of piperidine rings is 1. The van der Waals surface area contributed by atoms with Crippen molar-refractivity contribution >= 4 is 5.91 Å². The van der Waals surface area contributed by atoms with Crippen LogP contribution in [0, 0.1) is 13.8 Å². The van der Waals surface area contributed by atoms with Crippen LogP contribution in [0.3, 0.4) is 0 Å². The van der Waals surface area contributed by atoms with Crippen molar-refractivity contribution in [2.75, 3.05) is 6.61 Å². The van der Waals surface area contributed by atoms with Crippen LogP contribution in [-0.2, 0) is 4.79 Å². The van der Waals surface area contributed by atoms with Crippen molar-refractivity contribution in [1.82, 2.24) is 10.6 Å². The van der Waals surface area contributed by atoms with Crippen LogP contribution in [0.15, 0.2) is 18.2 Å².